The molecule has 0 fully saturated rings. The molecular weight excluding hydrogens is 319 g/mol. The highest BCUT2D eigenvalue weighted by molar-refractivity contribution is 6.07. The molecule has 1 aliphatic rings. The molecule has 124 valence electrons. The minimum absolute atomic E-state index is 0.0662. The minimum atomic E-state index is -4.74. The van der Waals surface area contributed by atoms with Crippen LogP contribution in [0.2, 0.25) is 0 Å². The molecule has 0 bridgehead atoms. The molecule has 0 N–H and O–H groups in total. The van der Waals surface area contributed by atoms with Crippen LogP contribution in [0.15, 0.2) is 59.6 Å². The molecule has 1 atom stereocenters. The summed E-state index contributed by atoms with van der Waals surface area (Å²) in [5.41, 5.74) is 0.976. The minimum Gasteiger partial charge on any atom is -0.442 e. The molecule has 24 heavy (non-hydrogen) atoms. The second kappa shape index (κ2) is 6.47. The quantitative estimate of drug-likeness (QED) is 0.801. The van der Waals surface area contributed by atoms with Gasteiger partial charge in [-0.25, -0.2) is 4.79 Å². The van der Waals surface area contributed by atoms with Crippen molar-refractivity contribution in [2.45, 2.75) is 18.7 Å². The van der Waals surface area contributed by atoms with Gasteiger partial charge in [0.15, 0.2) is 0 Å². The number of aliphatic imine (C=N–C) groups is 1. The number of hydrogen-bond donors (Lipinski definition) is 0. The lowest BCUT2D eigenvalue weighted by Gasteiger charge is -2.26. The van der Waals surface area contributed by atoms with Crippen molar-refractivity contribution < 1.29 is 22.7 Å². The topological polar surface area (TPSA) is 38.7 Å². The Kier molecular flexibility index (Phi) is 4.38. The van der Waals surface area contributed by atoms with E-state index >= 15 is 0 Å². The summed E-state index contributed by atoms with van der Waals surface area (Å²) in [5, 5.41) is 0. The molecule has 0 aliphatic carbocycles. The van der Waals surface area contributed by atoms with Gasteiger partial charge in [0.05, 0.1) is 11.3 Å². The van der Waals surface area contributed by atoms with Crippen LogP contribution in [0.25, 0.3) is 0 Å². The van der Waals surface area contributed by atoms with Crippen LogP contribution in [0.3, 0.4) is 0 Å². The second-order valence-electron chi connectivity index (χ2n) is 5.37. The lowest BCUT2D eigenvalue weighted by Crippen LogP contribution is -2.42. The molecule has 3 rings (SSSR count). The average Bonchev–Trinajstić information content (AvgIpc) is 2.59. The maximum atomic E-state index is 13.5. The number of benzene rings is 2. The first-order chi connectivity index (χ1) is 11.5. The molecule has 1 aliphatic heterocycles. The normalized spacial score (nSPS) is 15.2. The summed E-state index contributed by atoms with van der Waals surface area (Å²) in [6.45, 7) is 0.238. The number of rotatable bonds is 3. The van der Waals surface area contributed by atoms with Gasteiger partial charge in [0.1, 0.15) is 0 Å². The maximum absolute atomic E-state index is 13.5. The molecule has 1 heterocycles. The zero-order chi connectivity index (χ0) is 17.2. The third-order valence-corrected chi connectivity index (χ3v) is 3.74. The van der Waals surface area contributed by atoms with E-state index in [1.165, 1.54) is 12.1 Å². The van der Waals surface area contributed by atoms with Crippen molar-refractivity contribution in [1.29, 1.82) is 0 Å². The molecule has 6 heteroatoms. The summed E-state index contributed by atoms with van der Waals surface area (Å²) in [4.78, 5) is 16.1. The Labute approximate surface area is 136 Å². The molecule has 1 unspecified atom stereocenters. The van der Waals surface area contributed by atoms with Crippen molar-refractivity contribution in [3.63, 3.8) is 0 Å². The molecule has 0 aromatic heterocycles. The standard InChI is InChI=1S/C18H14F3NO2/c19-18(20,21)16(24-17(23)13-7-2-1-3-8-13)15-14-9-5-4-6-12(14)10-11-22-15/h1-9,16H,10-11H2. The first-order valence-electron chi connectivity index (χ1n) is 7.42. The predicted molar refractivity (Wildman–Crippen MR) is 83.3 cm³/mol. The van der Waals surface area contributed by atoms with E-state index in [0.717, 1.165) is 5.56 Å². The number of fused-ring (bicyclic) bond motifs is 1. The van der Waals surface area contributed by atoms with Crippen molar-refractivity contribution in [1.82, 2.24) is 0 Å². The number of nitrogens with zero attached hydrogens (tertiary/aromatic N) is 1. The Morgan fingerprint density at radius 2 is 1.71 bits per heavy atom. The van der Waals surface area contributed by atoms with Gasteiger partial charge in [-0.05, 0) is 24.1 Å². The van der Waals surface area contributed by atoms with Gasteiger partial charge in [0.25, 0.3) is 0 Å². The number of halogens is 3. The maximum Gasteiger partial charge on any atom is 0.431 e. The van der Waals surface area contributed by atoms with E-state index in [-0.39, 0.29) is 17.8 Å². The van der Waals surface area contributed by atoms with E-state index in [4.69, 9.17) is 4.74 Å². The molecule has 0 saturated carbocycles. The van der Waals surface area contributed by atoms with E-state index in [0.29, 0.717) is 12.0 Å². The van der Waals surface area contributed by atoms with Crippen molar-refractivity contribution in [2.24, 2.45) is 4.99 Å². The van der Waals surface area contributed by atoms with Crippen LogP contribution in [0, 0.1) is 0 Å². The Morgan fingerprint density at radius 3 is 2.42 bits per heavy atom. The summed E-state index contributed by atoms with van der Waals surface area (Å²) in [5.74, 6) is -1.02. The summed E-state index contributed by atoms with van der Waals surface area (Å²) in [6, 6.07) is 14.4. The Balaban J connectivity index is 1.94. The van der Waals surface area contributed by atoms with Gasteiger partial charge < -0.3 is 4.74 Å². The molecule has 2 aromatic carbocycles. The van der Waals surface area contributed by atoms with E-state index in [2.05, 4.69) is 4.99 Å². The fraction of sp³-hybridized carbons (Fsp3) is 0.222. The van der Waals surface area contributed by atoms with E-state index in [1.807, 2.05) is 0 Å². The summed E-state index contributed by atoms with van der Waals surface area (Å²) in [7, 11) is 0. The van der Waals surface area contributed by atoms with Gasteiger partial charge in [0.2, 0.25) is 6.10 Å². The van der Waals surface area contributed by atoms with Gasteiger partial charge in [-0.3, -0.25) is 4.99 Å². The molecule has 2 aromatic rings. The third-order valence-electron chi connectivity index (χ3n) is 3.74. The lowest BCUT2D eigenvalue weighted by atomic mass is 9.94. The smallest absolute Gasteiger partial charge is 0.431 e. The van der Waals surface area contributed by atoms with Gasteiger partial charge in [-0.15, -0.1) is 0 Å². The van der Waals surface area contributed by atoms with Crippen molar-refractivity contribution >= 4 is 11.7 Å². The number of ether oxygens (including phenoxy) is 1. The Hall–Kier alpha value is -2.63. The van der Waals surface area contributed by atoms with Gasteiger partial charge in [-0.1, -0.05) is 42.5 Å². The Bertz CT molecular complexity index is 769. The highest BCUT2D eigenvalue weighted by atomic mass is 19.4. The third kappa shape index (κ3) is 3.32. The van der Waals surface area contributed by atoms with Gasteiger partial charge in [-0.2, -0.15) is 13.2 Å². The SMILES string of the molecule is O=C(OC(C1=NCCc2ccccc21)C(F)(F)F)c1ccccc1. The van der Waals surface area contributed by atoms with Crippen LogP contribution < -0.4 is 0 Å². The van der Waals surface area contributed by atoms with Crippen molar-refractivity contribution in [2.75, 3.05) is 6.54 Å². The number of esters is 1. The van der Waals surface area contributed by atoms with Gasteiger partial charge in [0, 0.05) is 12.1 Å². The predicted octanol–water partition coefficient (Wildman–Crippen LogP) is 3.82. The van der Waals surface area contributed by atoms with Crippen LogP contribution in [0.4, 0.5) is 13.2 Å². The Morgan fingerprint density at radius 1 is 1.04 bits per heavy atom. The first kappa shape index (κ1) is 16.2. The highest BCUT2D eigenvalue weighted by Crippen LogP contribution is 2.30. The number of carbonyl (C=O) groups is 1. The molecule has 0 spiro atoms. The summed E-state index contributed by atoms with van der Waals surface area (Å²) in [6.07, 6.45) is -6.56. The van der Waals surface area contributed by atoms with Crippen molar-refractivity contribution in [3.8, 4) is 0 Å². The van der Waals surface area contributed by atoms with E-state index < -0.39 is 18.2 Å². The van der Waals surface area contributed by atoms with Crippen LogP contribution in [0.5, 0.6) is 0 Å². The molecule has 3 nitrogen and oxygen atoms in total. The monoisotopic (exact) mass is 333 g/mol. The highest BCUT2D eigenvalue weighted by Gasteiger charge is 2.47. The number of hydrogen-bond acceptors (Lipinski definition) is 3. The van der Waals surface area contributed by atoms with Crippen LogP contribution in [-0.4, -0.2) is 30.5 Å². The lowest BCUT2D eigenvalue weighted by molar-refractivity contribution is -0.182. The fourth-order valence-electron chi connectivity index (χ4n) is 2.62. The van der Waals surface area contributed by atoms with Gasteiger partial charge >= 0.3 is 12.1 Å². The largest absolute Gasteiger partial charge is 0.442 e. The van der Waals surface area contributed by atoms with Crippen LogP contribution in [0.1, 0.15) is 21.5 Å². The van der Waals surface area contributed by atoms with Crippen LogP contribution >= 0.6 is 0 Å². The molecule has 0 saturated heterocycles. The number of carbonyl (C=O) groups excluding carboxylic acids is 1. The van der Waals surface area contributed by atoms with Crippen molar-refractivity contribution in [3.05, 3.63) is 71.3 Å². The average molecular weight is 333 g/mol. The fourth-order valence-corrected chi connectivity index (χ4v) is 2.62. The zero-order valence-corrected chi connectivity index (χ0v) is 12.6. The van der Waals surface area contributed by atoms with E-state index in [1.54, 1.807) is 42.5 Å². The molecular formula is C18H14F3NO2. The zero-order valence-electron chi connectivity index (χ0n) is 12.6. The molecule has 0 radical (unpaired) electrons. The first-order valence-corrected chi connectivity index (χ1v) is 7.42. The van der Waals surface area contributed by atoms with Crippen LogP contribution in [-0.2, 0) is 11.2 Å². The summed E-state index contributed by atoms with van der Waals surface area (Å²) >= 11 is 0. The summed E-state index contributed by atoms with van der Waals surface area (Å²) < 4.78 is 45.4. The molecule has 0 amide bonds. The number of alkyl halides is 3. The second-order valence-corrected chi connectivity index (χ2v) is 5.37. The van der Waals surface area contributed by atoms with E-state index in [9.17, 15) is 18.0 Å².